The van der Waals surface area contributed by atoms with Crippen LogP contribution in [0.3, 0.4) is 0 Å². The largest absolute Gasteiger partial charge is 0.463 e. The standard InChI is InChI=1S/C21H16N4O2S/c26-20(16-5-2-1-3-6-16)23-17-10-8-15(9-11-17)19-14-28-21(24-19)25-22-13-18-7-4-12-27-18/h1-14H,(H,23,26)(H,24,25)/b22-13+. The van der Waals surface area contributed by atoms with Crippen LogP contribution in [0.1, 0.15) is 16.1 Å². The molecule has 7 heteroatoms. The minimum atomic E-state index is -0.136. The number of hydrazone groups is 1. The molecule has 0 fully saturated rings. The fourth-order valence-corrected chi connectivity index (χ4v) is 3.16. The van der Waals surface area contributed by atoms with Crippen molar-refractivity contribution in [3.05, 3.63) is 89.7 Å². The number of hydrogen-bond donors (Lipinski definition) is 2. The molecule has 2 heterocycles. The predicted molar refractivity (Wildman–Crippen MR) is 112 cm³/mol. The van der Waals surface area contributed by atoms with Crippen molar-refractivity contribution in [2.24, 2.45) is 5.10 Å². The van der Waals surface area contributed by atoms with Crippen LogP contribution < -0.4 is 10.7 Å². The van der Waals surface area contributed by atoms with Gasteiger partial charge in [-0.05, 0) is 36.4 Å². The number of rotatable bonds is 6. The van der Waals surface area contributed by atoms with Crippen LogP contribution in [0.15, 0.2) is 87.9 Å². The van der Waals surface area contributed by atoms with Gasteiger partial charge in [0.25, 0.3) is 5.91 Å². The normalized spacial score (nSPS) is 10.9. The summed E-state index contributed by atoms with van der Waals surface area (Å²) in [5.41, 5.74) is 6.03. The molecule has 0 saturated carbocycles. The van der Waals surface area contributed by atoms with Gasteiger partial charge in [-0.15, -0.1) is 11.3 Å². The van der Waals surface area contributed by atoms with Crippen LogP contribution in [0.4, 0.5) is 10.8 Å². The topological polar surface area (TPSA) is 79.5 Å². The highest BCUT2D eigenvalue weighted by molar-refractivity contribution is 7.14. The van der Waals surface area contributed by atoms with Gasteiger partial charge in [0.2, 0.25) is 5.13 Å². The smallest absolute Gasteiger partial charge is 0.255 e. The molecule has 0 bridgehead atoms. The number of aromatic nitrogens is 1. The first-order chi connectivity index (χ1) is 13.8. The molecule has 6 nitrogen and oxygen atoms in total. The minimum absolute atomic E-state index is 0.136. The highest BCUT2D eigenvalue weighted by Crippen LogP contribution is 2.26. The van der Waals surface area contributed by atoms with Gasteiger partial charge in [0.15, 0.2) is 0 Å². The Labute approximate surface area is 165 Å². The molecule has 0 aliphatic rings. The van der Waals surface area contributed by atoms with Crippen molar-refractivity contribution in [1.29, 1.82) is 0 Å². The molecule has 4 rings (SSSR count). The Bertz CT molecular complexity index is 1070. The van der Waals surface area contributed by atoms with Gasteiger partial charge in [-0.3, -0.25) is 10.2 Å². The highest BCUT2D eigenvalue weighted by Gasteiger charge is 2.07. The number of carbonyl (C=O) groups is 1. The predicted octanol–water partition coefficient (Wildman–Crippen LogP) is 5.10. The maximum absolute atomic E-state index is 12.2. The second kappa shape index (κ2) is 8.32. The Morgan fingerprint density at radius 2 is 1.86 bits per heavy atom. The van der Waals surface area contributed by atoms with Crippen molar-refractivity contribution in [2.75, 3.05) is 10.7 Å². The van der Waals surface area contributed by atoms with Gasteiger partial charge >= 0.3 is 0 Å². The van der Waals surface area contributed by atoms with E-state index in [0.717, 1.165) is 16.9 Å². The Hall–Kier alpha value is -3.71. The SMILES string of the molecule is O=C(Nc1ccc(-c2csc(N/N=C/c3ccco3)n2)cc1)c1ccccc1. The molecule has 0 unspecified atom stereocenters. The summed E-state index contributed by atoms with van der Waals surface area (Å²) >= 11 is 1.46. The van der Waals surface area contributed by atoms with Gasteiger partial charge in [0, 0.05) is 22.2 Å². The van der Waals surface area contributed by atoms with Crippen molar-refractivity contribution in [3.8, 4) is 11.3 Å². The molecule has 0 spiro atoms. The molecule has 2 aromatic carbocycles. The lowest BCUT2D eigenvalue weighted by Gasteiger charge is -2.06. The molecule has 0 aliphatic carbocycles. The average molecular weight is 388 g/mol. The summed E-state index contributed by atoms with van der Waals surface area (Å²) in [5.74, 6) is 0.528. The molecule has 28 heavy (non-hydrogen) atoms. The van der Waals surface area contributed by atoms with Crippen LogP contribution in [0.25, 0.3) is 11.3 Å². The van der Waals surface area contributed by atoms with Crippen LogP contribution in [-0.4, -0.2) is 17.1 Å². The third-order valence-electron chi connectivity index (χ3n) is 3.87. The maximum Gasteiger partial charge on any atom is 0.255 e. The molecule has 0 radical (unpaired) electrons. The summed E-state index contributed by atoms with van der Waals surface area (Å²) in [6.45, 7) is 0. The Balaban J connectivity index is 1.39. The van der Waals surface area contributed by atoms with Crippen molar-refractivity contribution >= 4 is 34.3 Å². The summed E-state index contributed by atoms with van der Waals surface area (Å²) in [7, 11) is 0. The molecule has 1 amide bonds. The number of benzene rings is 2. The maximum atomic E-state index is 12.2. The van der Waals surface area contributed by atoms with E-state index in [1.807, 2.05) is 53.9 Å². The van der Waals surface area contributed by atoms with Gasteiger partial charge in [0.05, 0.1) is 18.2 Å². The summed E-state index contributed by atoms with van der Waals surface area (Å²) in [5, 5.41) is 9.61. The number of furan rings is 1. The van der Waals surface area contributed by atoms with Crippen LogP contribution in [0, 0.1) is 0 Å². The number of nitrogens with zero attached hydrogens (tertiary/aromatic N) is 2. The fourth-order valence-electron chi connectivity index (χ4n) is 2.49. The van der Waals surface area contributed by atoms with Gasteiger partial charge < -0.3 is 9.73 Å². The van der Waals surface area contributed by atoms with Gasteiger partial charge in [-0.1, -0.05) is 30.3 Å². The van der Waals surface area contributed by atoms with Gasteiger partial charge in [-0.25, -0.2) is 4.98 Å². The second-order valence-electron chi connectivity index (χ2n) is 5.82. The van der Waals surface area contributed by atoms with Crippen molar-refractivity contribution < 1.29 is 9.21 Å². The lowest BCUT2D eigenvalue weighted by Crippen LogP contribution is -2.11. The molecule has 2 N–H and O–H groups in total. The molecule has 0 aliphatic heterocycles. The summed E-state index contributed by atoms with van der Waals surface area (Å²) in [6.07, 6.45) is 3.18. The first-order valence-corrected chi connectivity index (χ1v) is 9.41. The molecule has 0 atom stereocenters. The third kappa shape index (κ3) is 4.33. The Kier molecular flexibility index (Phi) is 5.26. The fraction of sp³-hybridized carbons (Fsp3) is 0. The van der Waals surface area contributed by atoms with Crippen molar-refractivity contribution in [3.63, 3.8) is 0 Å². The zero-order valence-corrected chi connectivity index (χ0v) is 15.5. The van der Waals surface area contributed by atoms with E-state index in [1.54, 1.807) is 30.7 Å². The summed E-state index contributed by atoms with van der Waals surface area (Å²) < 4.78 is 5.18. The van der Waals surface area contributed by atoms with E-state index >= 15 is 0 Å². The minimum Gasteiger partial charge on any atom is -0.463 e. The van der Waals surface area contributed by atoms with Gasteiger partial charge in [0.1, 0.15) is 5.76 Å². The first-order valence-electron chi connectivity index (χ1n) is 8.53. The number of thiazole rings is 1. The Morgan fingerprint density at radius 3 is 2.61 bits per heavy atom. The third-order valence-corrected chi connectivity index (χ3v) is 4.62. The molecular weight excluding hydrogens is 372 g/mol. The zero-order valence-electron chi connectivity index (χ0n) is 14.7. The number of nitrogens with one attached hydrogen (secondary N) is 2. The van der Waals surface area contributed by atoms with Crippen LogP contribution >= 0.6 is 11.3 Å². The average Bonchev–Trinajstić information content (AvgIpc) is 3.42. The number of carbonyl (C=O) groups excluding carboxylic acids is 1. The zero-order chi connectivity index (χ0) is 19.2. The number of hydrogen-bond acceptors (Lipinski definition) is 6. The lowest BCUT2D eigenvalue weighted by molar-refractivity contribution is 0.102. The monoisotopic (exact) mass is 388 g/mol. The van der Waals surface area contributed by atoms with E-state index in [1.165, 1.54) is 11.3 Å². The van der Waals surface area contributed by atoms with Crippen LogP contribution in [0.5, 0.6) is 0 Å². The summed E-state index contributed by atoms with van der Waals surface area (Å²) in [4.78, 5) is 16.7. The van der Waals surface area contributed by atoms with Crippen molar-refractivity contribution in [1.82, 2.24) is 4.98 Å². The van der Waals surface area contributed by atoms with E-state index in [4.69, 9.17) is 4.42 Å². The number of anilines is 2. The molecule has 2 aromatic heterocycles. The Morgan fingerprint density at radius 1 is 1.04 bits per heavy atom. The molecule has 0 saturated heterocycles. The van der Waals surface area contributed by atoms with E-state index in [0.29, 0.717) is 16.5 Å². The van der Waals surface area contributed by atoms with E-state index in [-0.39, 0.29) is 5.91 Å². The van der Waals surface area contributed by atoms with E-state index < -0.39 is 0 Å². The molecule has 4 aromatic rings. The molecule has 138 valence electrons. The second-order valence-corrected chi connectivity index (χ2v) is 6.68. The quantitative estimate of drug-likeness (QED) is 0.356. The highest BCUT2D eigenvalue weighted by atomic mass is 32.1. The van der Waals surface area contributed by atoms with Crippen LogP contribution in [0.2, 0.25) is 0 Å². The van der Waals surface area contributed by atoms with E-state index in [2.05, 4.69) is 20.8 Å². The van der Waals surface area contributed by atoms with Crippen LogP contribution in [-0.2, 0) is 0 Å². The van der Waals surface area contributed by atoms with Gasteiger partial charge in [-0.2, -0.15) is 5.10 Å². The number of amides is 1. The lowest BCUT2D eigenvalue weighted by atomic mass is 10.1. The first kappa shape index (κ1) is 17.7. The van der Waals surface area contributed by atoms with Crippen molar-refractivity contribution in [2.45, 2.75) is 0 Å². The molecular formula is C21H16N4O2S. The summed E-state index contributed by atoms with van der Waals surface area (Å²) in [6, 6.07) is 20.3. The van der Waals surface area contributed by atoms with E-state index in [9.17, 15) is 4.79 Å².